The van der Waals surface area contributed by atoms with Crippen LogP contribution >= 0.6 is 15.9 Å². The van der Waals surface area contributed by atoms with Crippen LogP contribution in [0.25, 0.3) is 0 Å². The van der Waals surface area contributed by atoms with E-state index in [4.69, 9.17) is 4.74 Å². The van der Waals surface area contributed by atoms with Crippen molar-refractivity contribution in [1.82, 2.24) is 4.98 Å². The summed E-state index contributed by atoms with van der Waals surface area (Å²) in [6, 6.07) is 2.06. The van der Waals surface area contributed by atoms with Crippen molar-refractivity contribution in [1.29, 1.82) is 0 Å². The van der Waals surface area contributed by atoms with Gasteiger partial charge in [-0.05, 0) is 39.4 Å². The van der Waals surface area contributed by atoms with Gasteiger partial charge in [-0.1, -0.05) is 13.8 Å². The molecule has 0 spiro atoms. The molecule has 1 atom stereocenters. The van der Waals surface area contributed by atoms with Gasteiger partial charge in [0.05, 0.1) is 5.69 Å². The van der Waals surface area contributed by atoms with Gasteiger partial charge in [-0.2, -0.15) is 0 Å². The van der Waals surface area contributed by atoms with E-state index in [2.05, 4.69) is 40.8 Å². The molecule has 1 aliphatic carbocycles. The van der Waals surface area contributed by atoms with Crippen LogP contribution in [0.5, 0.6) is 0 Å². The average Bonchev–Trinajstić information content (AvgIpc) is 2.37. The van der Waals surface area contributed by atoms with Gasteiger partial charge in [0.25, 0.3) is 0 Å². The molecule has 1 heterocycles. The molecule has 0 bridgehead atoms. The molecule has 86 valence electrons. The van der Waals surface area contributed by atoms with Crippen LogP contribution in [0.1, 0.15) is 44.6 Å². The second kappa shape index (κ2) is 3.84. The van der Waals surface area contributed by atoms with Crippen LogP contribution in [0.15, 0.2) is 16.7 Å². The zero-order valence-corrected chi connectivity index (χ0v) is 11.2. The second-order valence-corrected chi connectivity index (χ2v) is 5.69. The number of halogens is 1. The molecule has 0 aliphatic heterocycles. The smallest absolute Gasteiger partial charge is 0.303 e. The minimum atomic E-state index is -0.252. The molecule has 0 N–H and O–H groups in total. The minimum absolute atomic E-state index is 0.00618. The van der Waals surface area contributed by atoms with Crippen molar-refractivity contribution in [2.45, 2.75) is 38.7 Å². The molecule has 4 heteroatoms. The SMILES string of the molecule is CC(=O)OC1CC(C)(C)c2cc(Br)cnc21. The third-order valence-corrected chi connectivity index (χ3v) is 3.36. The third-order valence-electron chi connectivity index (χ3n) is 2.92. The zero-order valence-electron chi connectivity index (χ0n) is 9.58. The highest BCUT2D eigenvalue weighted by molar-refractivity contribution is 9.10. The lowest BCUT2D eigenvalue weighted by atomic mass is 9.87. The molecule has 1 unspecified atom stereocenters. The van der Waals surface area contributed by atoms with Crippen LogP contribution in [0.2, 0.25) is 0 Å². The van der Waals surface area contributed by atoms with E-state index in [1.807, 2.05) is 0 Å². The van der Waals surface area contributed by atoms with Crippen molar-refractivity contribution in [2.24, 2.45) is 0 Å². The van der Waals surface area contributed by atoms with Gasteiger partial charge in [0.1, 0.15) is 6.10 Å². The molecule has 2 rings (SSSR count). The molecule has 16 heavy (non-hydrogen) atoms. The third kappa shape index (κ3) is 1.98. The maximum atomic E-state index is 11.0. The molecule has 0 radical (unpaired) electrons. The van der Waals surface area contributed by atoms with Gasteiger partial charge in [-0.3, -0.25) is 9.78 Å². The number of hydrogen-bond acceptors (Lipinski definition) is 3. The maximum absolute atomic E-state index is 11.0. The van der Waals surface area contributed by atoms with E-state index in [0.717, 1.165) is 22.2 Å². The van der Waals surface area contributed by atoms with E-state index in [1.165, 1.54) is 6.92 Å². The Bertz CT molecular complexity index is 443. The van der Waals surface area contributed by atoms with E-state index in [0.29, 0.717) is 0 Å². The van der Waals surface area contributed by atoms with Crippen LogP contribution in [-0.4, -0.2) is 11.0 Å². The van der Waals surface area contributed by atoms with E-state index < -0.39 is 0 Å². The average molecular weight is 284 g/mol. The highest BCUT2D eigenvalue weighted by Crippen LogP contribution is 2.45. The normalized spacial score (nSPS) is 21.6. The standard InChI is InChI=1S/C12H14BrNO2/c1-7(15)16-10-5-12(2,3)9-4-8(13)6-14-11(9)10/h4,6,10H,5H2,1-3H3. The van der Waals surface area contributed by atoms with Crippen LogP contribution < -0.4 is 0 Å². The van der Waals surface area contributed by atoms with Gasteiger partial charge in [-0.25, -0.2) is 0 Å². The fourth-order valence-corrected chi connectivity index (χ4v) is 2.55. The highest BCUT2D eigenvalue weighted by Gasteiger charge is 2.39. The van der Waals surface area contributed by atoms with Crippen LogP contribution in [-0.2, 0) is 14.9 Å². The lowest BCUT2D eigenvalue weighted by molar-refractivity contribution is -0.147. The number of pyridine rings is 1. The lowest BCUT2D eigenvalue weighted by Crippen LogP contribution is -2.13. The molecule has 0 saturated heterocycles. The Kier molecular flexibility index (Phi) is 2.78. The van der Waals surface area contributed by atoms with Crippen molar-refractivity contribution < 1.29 is 9.53 Å². The number of esters is 1. The Balaban J connectivity index is 2.42. The minimum Gasteiger partial charge on any atom is -0.456 e. The number of fused-ring (bicyclic) bond motifs is 1. The Morgan fingerprint density at radius 1 is 1.62 bits per heavy atom. The first-order valence-electron chi connectivity index (χ1n) is 5.23. The molecule has 0 aromatic carbocycles. The summed E-state index contributed by atoms with van der Waals surface area (Å²) in [6.07, 6.45) is 2.35. The predicted octanol–water partition coefficient (Wildman–Crippen LogP) is 3.13. The molecule has 1 aromatic heterocycles. The first-order chi connectivity index (χ1) is 7.40. The summed E-state index contributed by atoms with van der Waals surface area (Å²) in [5.41, 5.74) is 2.06. The summed E-state index contributed by atoms with van der Waals surface area (Å²) in [5.74, 6) is -0.252. The number of hydrogen-bond donors (Lipinski definition) is 0. The summed E-state index contributed by atoms with van der Waals surface area (Å²) < 4.78 is 6.26. The fraction of sp³-hybridized carbons (Fsp3) is 0.500. The zero-order chi connectivity index (χ0) is 11.9. The Hall–Kier alpha value is -0.900. The van der Waals surface area contributed by atoms with E-state index >= 15 is 0 Å². The monoisotopic (exact) mass is 283 g/mol. The topological polar surface area (TPSA) is 39.2 Å². The van der Waals surface area contributed by atoms with Crippen LogP contribution in [0.4, 0.5) is 0 Å². The Morgan fingerprint density at radius 2 is 2.31 bits per heavy atom. The second-order valence-electron chi connectivity index (χ2n) is 4.77. The number of nitrogens with zero attached hydrogens (tertiary/aromatic N) is 1. The quantitative estimate of drug-likeness (QED) is 0.744. The number of carbonyl (C=O) groups excluding carboxylic acids is 1. The molecule has 0 saturated carbocycles. The van der Waals surface area contributed by atoms with E-state index in [1.54, 1.807) is 6.20 Å². The first-order valence-corrected chi connectivity index (χ1v) is 6.02. The molecule has 0 amide bonds. The molecule has 1 aliphatic rings. The van der Waals surface area contributed by atoms with Gasteiger partial charge in [0.15, 0.2) is 0 Å². The number of ether oxygens (including phenoxy) is 1. The van der Waals surface area contributed by atoms with Crippen molar-refractivity contribution >= 4 is 21.9 Å². The van der Waals surface area contributed by atoms with Crippen molar-refractivity contribution in [3.63, 3.8) is 0 Å². The van der Waals surface area contributed by atoms with Crippen molar-refractivity contribution in [3.8, 4) is 0 Å². The van der Waals surface area contributed by atoms with E-state index in [-0.39, 0.29) is 17.5 Å². The van der Waals surface area contributed by atoms with Gasteiger partial charge in [0.2, 0.25) is 0 Å². The van der Waals surface area contributed by atoms with Crippen LogP contribution in [0.3, 0.4) is 0 Å². The maximum Gasteiger partial charge on any atom is 0.303 e. The highest BCUT2D eigenvalue weighted by atomic mass is 79.9. The number of rotatable bonds is 1. The molecule has 1 aromatic rings. The summed E-state index contributed by atoms with van der Waals surface area (Å²) in [7, 11) is 0. The summed E-state index contributed by atoms with van der Waals surface area (Å²) in [6.45, 7) is 5.72. The van der Waals surface area contributed by atoms with Gasteiger partial charge < -0.3 is 4.74 Å². The summed E-state index contributed by atoms with van der Waals surface area (Å²) in [4.78, 5) is 15.4. The fourth-order valence-electron chi connectivity index (χ4n) is 2.22. The van der Waals surface area contributed by atoms with Crippen molar-refractivity contribution in [3.05, 3.63) is 28.0 Å². The number of aromatic nitrogens is 1. The molecule has 3 nitrogen and oxygen atoms in total. The van der Waals surface area contributed by atoms with Crippen LogP contribution in [0, 0.1) is 0 Å². The van der Waals surface area contributed by atoms with Crippen molar-refractivity contribution in [2.75, 3.05) is 0 Å². The van der Waals surface area contributed by atoms with E-state index in [9.17, 15) is 4.79 Å². The molecule has 0 fully saturated rings. The molecular weight excluding hydrogens is 270 g/mol. The Morgan fingerprint density at radius 3 is 2.94 bits per heavy atom. The van der Waals surface area contributed by atoms with Gasteiger partial charge >= 0.3 is 5.97 Å². The molecular formula is C12H14BrNO2. The van der Waals surface area contributed by atoms with Gasteiger partial charge in [-0.15, -0.1) is 0 Å². The first kappa shape index (κ1) is 11.6. The Labute approximate surface area is 103 Å². The predicted molar refractivity (Wildman–Crippen MR) is 64.1 cm³/mol. The van der Waals surface area contributed by atoms with Gasteiger partial charge in [0, 0.05) is 17.6 Å². The summed E-state index contributed by atoms with van der Waals surface area (Å²) in [5, 5.41) is 0. The lowest BCUT2D eigenvalue weighted by Gasteiger charge is -2.18. The number of carbonyl (C=O) groups is 1. The largest absolute Gasteiger partial charge is 0.456 e. The summed E-state index contributed by atoms with van der Waals surface area (Å²) >= 11 is 3.42.